The molecule has 0 unspecified atom stereocenters. The van der Waals surface area contributed by atoms with E-state index in [-0.39, 0.29) is 18.2 Å². The van der Waals surface area contributed by atoms with Crippen LogP contribution in [0.15, 0.2) is 70.1 Å². The zero-order valence-electron chi connectivity index (χ0n) is 31.9. The molecule has 8 rings (SSSR count). The Morgan fingerprint density at radius 3 is 2.32 bits per heavy atom. The van der Waals surface area contributed by atoms with Gasteiger partial charge in [-0.2, -0.15) is 0 Å². The first-order valence-corrected chi connectivity index (χ1v) is 20.4. The number of hydrogen-bond donors (Lipinski definition) is 1. The minimum Gasteiger partial charge on any atom is -0.451 e. The summed E-state index contributed by atoms with van der Waals surface area (Å²) in [5, 5.41) is 10.7. The fraction of sp³-hybridized carbons (Fsp3) is 0.372. The number of aliphatic imine (C=N–C) groups is 1. The number of piperazine rings is 1. The number of amides is 2. The van der Waals surface area contributed by atoms with Gasteiger partial charge in [0.1, 0.15) is 22.6 Å². The molecule has 6 heterocycles. The Bertz CT molecular complexity index is 2330. The van der Waals surface area contributed by atoms with Gasteiger partial charge in [-0.3, -0.25) is 24.0 Å². The van der Waals surface area contributed by atoms with E-state index in [1.807, 2.05) is 71.3 Å². The van der Waals surface area contributed by atoms with Crippen molar-refractivity contribution in [2.75, 3.05) is 52.4 Å². The highest BCUT2D eigenvalue weighted by atomic mass is 35.5. The number of hydrogen-bond acceptors (Lipinski definition) is 9. The number of furan rings is 1. The average molecular weight is 789 g/mol. The van der Waals surface area contributed by atoms with Crippen molar-refractivity contribution < 1.29 is 14.0 Å². The van der Waals surface area contributed by atoms with E-state index < -0.39 is 6.04 Å². The molecule has 0 aliphatic carbocycles. The molecule has 2 amide bonds. The second kappa shape index (κ2) is 16.2. The van der Waals surface area contributed by atoms with Crippen molar-refractivity contribution in [1.29, 1.82) is 0 Å². The number of fused-ring (bicyclic) bond motifs is 3. The fourth-order valence-corrected chi connectivity index (χ4v) is 9.27. The van der Waals surface area contributed by atoms with Crippen molar-refractivity contribution >= 4 is 40.5 Å². The maximum absolute atomic E-state index is 14.0. The Hall–Kier alpha value is -5.06. The largest absolute Gasteiger partial charge is 0.451 e. The van der Waals surface area contributed by atoms with Crippen LogP contribution in [0.5, 0.6) is 0 Å². The van der Waals surface area contributed by atoms with Crippen molar-refractivity contribution in [3.05, 3.63) is 110 Å². The molecule has 13 heteroatoms. The Labute approximate surface area is 336 Å². The number of aromatic nitrogens is 3. The molecule has 3 aliphatic heterocycles. The predicted octanol–water partition coefficient (Wildman–Crippen LogP) is 6.46. The molecule has 0 saturated carbocycles. The molecule has 2 saturated heterocycles. The summed E-state index contributed by atoms with van der Waals surface area (Å²) in [6.45, 7) is 11.8. The second-order valence-electron chi connectivity index (χ2n) is 14.8. The maximum Gasteiger partial charge on any atom is 0.289 e. The number of rotatable bonds is 7. The van der Waals surface area contributed by atoms with Gasteiger partial charge in [-0.15, -0.1) is 21.5 Å². The average Bonchev–Trinajstić information content (AvgIpc) is 3.91. The first-order valence-electron chi connectivity index (χ1n) is 19.2. The molecule has 0 radical (unpaired) electrons. The van der Waals surface area contributed by atoms with E-state index in [1.54, 1.807) is 17.4 Å². The number of nitrogens with zero attached hydrogens (tertiary/aromatic N) is 7. The lowest BCUT2D eigenvalue weighted by Crippen LogP contribution is -2.50. The van der Waals surface area contributed by atoms with Crippen molar-refractivity contribution in [3.63, 3.8) is 0 Å². The minimum absolute atomic E-state index is 0.0827. The number of benzene rings is 2. The molecular weight excluding hydrogens is 744 g/mol. The highest BCUT2D eigenvalue weighted by Gasteiger charge is 2.34. The molecule has 56 heavy (non-hydrogen) atoms. The molecule has 5 aromatic rings. The third kappa shape index (κ3) is 7.69. The molecule has 288 valence electrons. The SMILES string of the molecule is Cc1sc2c(c1C)C(c1ccc(Cl)cc1)=N[C@@H](CC(=O)N1CCC(CN3CCN(C(=O)c4ccc(-c5ccc(C#CCN)cc5)o4)CC3)CC1)c1nnc(C)n1-2. The van der Waals surface area contributed by atoms with Gasteiger partial charge < -0.3 is 20.0 Å². The van der Waals surface area contributed by atoms with Crippen LogP contribution in [0.3, 0.4) is 0 Å². The number of likely N-dealkylation sites (tertiary alicyclic amines) is 1. The number of halogens is 1. The summed E-state index contributed by atoms with van der Waals surface area (Å²) in [6.07, 6.45) is 2.10. The Kier molecular flexibility index (Phi) is 10.9. The van der Waals surface area contributed by atoms with E-state index in [9.17, 15) is 9.59 Å². The first-order chi connectivity index (χ1) is 27.2. The lowest BCUT2D eigenvalue weighted by atomic mass is 9.95. The van der Waals surface area contributed by atoms with E-state index in [0.29, 0.717) is 61.0 Å². The van der Waals surface area contributed by atoms with E-state index in [4.69, 9.17) is 26.7 Å². The lowest BCUT2D eigenvalue weighted by molar-refractivity contribution is -0.133. The molecule has 2 fully saturated rings. The van der Waals surface area contributed by atoms with Crippen LogP contribution >= 0.6 is 22.9 Å². The molecule has 2 N–H and O–H groups in total. The molecule has 0 spiro atoms. The monoisotopic (exact) mass is 788 g/mol. The Morgan fingerprint density at radius 2 is 1.61 bits per heavy atom. The third-order valence-electron chi connectivity index (χ3n) is 11.2. The molecule has 3 aromatic heterocycles. The van der Waals surface area contributed by atoms with Gasteiger partial charge in [0.05, 0.1) is 18.7 Å². The zero-order valence-corrected chi connectivity index (χ0v) is 33.5. The number of nitrogens with two attached hydrogens (primary N) is 1. The van der Waals surface area contributed by atoms with Crippen LogP contribution < -0.4 is 5.73 Å². The summed E-state index contributed by atoms with van der Waals surface area (Å²) >= 11 is 7.98. The van der Waals surface area contributed by atoms with E-state index in [0.717, 1.165) is 71.3 Å². The van der Waals surface area contributed by atoms with E-state index in [2.05, 4.69) is 45.4 Å². The number of piperidine rings is 1. The fourth-order valence-electron chi connectivity index (χ4n) is 7.93. The van der Waals surface area contributed by atoms with Crippen LogP contribution in [0.1, 0.15) is 74.6 Å². The van der Waals surface area contributed by atoms with Gasteiger partial charge in [0.2, 0.25) is 5.91 Å². The molecule has 3 aliphatic rings. The minimum atomic E-state index is -0.480. The summed E-state index contributed by atoms with van der Waals surface area (Å²) in [6, 6.07) is 18.6. The van der Waals surface area contributed by atoms with E-state index >= 15 is 0 Å². The van der Waals surface area contributed by atoms with Crippen LogP contribution in [0.4, 0.5) is 0 Å². The summed E-state index contributed by atoms with van der Waals surface area (Å²) < 4.78 is 8.09. The highest BCUT2D eigenvalue weighted by molar-refractivity contribution is 7.15. The standard InChI is InChI=1S/C43H45ClN8O3S/c1-27-28(2)56-43-39(27)40(33-10-12-34(44)13-11-33)46-35(41-48-47-29(3)52(41)43)25-38(53)50-19-16-31(17-20-50)26-49-21-23-51(24-22-49)42(54)37-15-14-36(55-37)32-8-6-30(7-9-32)5-4-18-45/h6-15,31,35H,16-26,45H2,1-3H3/t35-/m0/s1. The highest BCUT2D eigenvalue weighted by Crippen LogP contribution is 2.40. The van der Waals surface area contributed by atoms with E-state index in [1.165, 1.54) is 10.4 Å². The van der Waals surface area contributed by atoms with Crippen LogP contribution in [-0.2, 0) is 4.79 Å². The van der Waals surface area contributed by atoms with Crippen LogP contribution in [-0.4, -0.2) is 99.3 Å². The van der Waals surface area contributed by atoms with Gasteiger partial charge in [0.25, 0.3) is 5.91 Å². The Morgan fingerprint density at radius 1 is 0.893 bits per heavy atom. The molecular formula is C43H45ClN8O3S. The van der Waals surface area contributed by atoms with Crippen LogP contribution in [0, 0.1) is 38.5 Å². The van der Waals surface area contributed by atoms with Gasteiger partial charge in [0, 0.05) is 78.0 Å². The second-order valence-corrected chi connectivity index (χ2v) is 16.4. The summed E-state index contributed by atoms with van der Waals surface area (Å²) in [7, 11) is 0. The zero-order chi connectivity index (χ0) is 38.9. The molecule has 11 nitrogen and oxygen atoms in total. The first kappa shape index (κ1) is 37.8. The van der Waals surface area contributed by atoms with Crippen molar-refractivity contribution in [3.8, 4) is 28.2 Å². The van der Waals surface area contributed by atoms with Crippen molar-refractivity contribution in [2.24, 2.45) is 16.6 Å². The summed E-state index contributed by atoms with van der Waals surface area (Å²) in [5.41, 5.74) is 11.3. The van der Waals surface area contributed by atoms with Crippen LogP contribution in [0.2, 0.25) is 5.02 Å². The van der Waals surface area contributed by atoms with Crippen LogP contribution in [0.25, 0.3) is 16.3 Å². The van der Waals surface area contributed by atoms with Gasteiger partial charge in [-0.25, -0.2) is 0 Å². The maximum atomic E-state index is 14.0. The lowest BCUT2D eigenvalue weighted by Gasteiger charge is -2.38. The molecule has 0 bridgehead atoms. The van der Waals surface area contributed by atoms with Crippen molar-refractivity contribution in [1.82, 2.24) is 29.5 Å². The smallest absolute Gasteiger partial charge is 0.289 e. The van der Waals surface area contributed by atoms with Crippen molar-refractivity contribution in [2.45, 2.75) is 46.1 Å². The van der Waals surface area contributed by atoms with Gasteiger partial charge >= 0.3 is 0 Å². The third-order valence-corrected chi connectivity index (χ3v) is 12.6. The predicted molar refractivity (Wildman–Crippen MR) is 220 cm³/mol. The number of aryl methyl sites for hydroxylation is 2. The number of carbonyl (C=O) groups is 2. The summed E-state index contributed by atoms with van der Waals surface area (Å²) in [4.78, 5) is 40.2. The molecule has 2 aromatic carbocycles. The topological polar surface area (TPSA) is 126 Å². The van der Waals surface area contributed by atoms with Gasteiger partial charge in [-0.05, 0) is 81.5 Å². The summed E-state index contributed by atoms with van der Waals surface area (Å²) in [5.74, 6) is 8.84. The number of carbonyl (C=O) groups excluding carboxylic acids is 2. The normalized spacial score (nSPS) is 17.4. The molecule has 1 atom stereocenters. The number of thiophene rings is 1. The van der Waals surface area contributed by atoms with Gasteiger partial charge in [-0.1, -0.05) is 47.7 Å². The Balaban J connectivity index is 0.862. The van der Waals surface area contributed by atoms with Gasteiger partial charge in [0.15, 0.2) is 11.6 Å². The quantitative estimate of drug-likeness (QED) is 0.188.